The van der Waals surface area contributed by atoms with Crippen LogP contribution < -0.4 is 92.5 Å². The molecule has 3 rings (SSSR count). The third kappa shape index (κ3) is 32.2. The van der Waals surface area contributed by atoms with Crippen LogP contribution >= 0.6 is 0 Å². The monoisotopic (exact) mass is 1460 g/mol. The topological polar surface area (TPSA) is 633 Å². The van der Waals surface area contributed by atoms with Crippen molar-refractivity contribution >= 4 is 88.7 Å². The molecule has 104 heavy (non-hydrogen) atoms. The number of nitrogens with two attached hydrogens (primary N) is 5. The molecule has 37 nitrogen and oxygen atoms in total. The molecule has 3 aromatic rings. The Morgan fingerprint density at radius 2 is 0.817 bits per heavy atom. The van der Waals surface area contributed by atoms with Crippen molar-refractivity contribution in [1.82, 2.24) is 73.8 Å². The number of nitrogens with one attached hydrogen (secondary N) is 15. The molecule has 1 heterocycles. The SMILES string of the molecule is CC(C)C[C@H](NC(=O)[C@H](Cc1ccc(O)cc1)NC(=O)[C@@H](C)Cc1cnc[nH]1)C(=O)N[C@@H](CC(N)=O)C(=O)N[C@@H](CC(C)C)C(=O)N[C@H](C(=O)N[C@H](C(=O)N[C@@H](CCCNC(=N)N)C(=O)N[C@@H](CCC(N)=O)C(=O)N[C@@H](CCCNC(=N)N)C(=O)N[C@@H](Cc1ccc(O)cc1)C(N)=O)[C@@H](C)O)C(C)C. The number of imidazole rings is 1. The molecule has 13 amide bonds. The van der Waals surface area contributed by atoms with Crippen LogP contribution in [0.2, 0.25) is 0 Å². The fourth-order valence-corrected chi connectivity index (χ4v) is 10.6. The summed E-state index contributed by atoms with van der Waals surface area (Å²) < 4.78 is 0. The molecule has 0 radical (unpaired) electrons. The second-order valence-electron chi connectivity index (χ2n) is 26.7. The lowest BCUT2D eigenvalue weighted by Crippen LogP contribution is -2.63. The fourth-order valence-electron chi connectivity index (χ4n) is 10.6. The lowest BCUT2D eigenvalue weighted by Gasteiger charge is -2.30. The number of aromatic hydroxyl groups is 2. The van der Waals surface area contributed by atoms with Crippen molar-refractivity contribution in [3.63, 3.8) is 0 Å². The number of H-pyrrole nitrogens is 1. The summed E-state index contributed by atoms with van der Waals surface area (Å²) in [5.74, 6) is -15.5. The summed E-state index contributed by atoms with van der Waals surface area (Å²) in [5.41, 5.74) is 29.3. The van der Waals surface area contributed by atoms with E-state index in [2.05, 4.69) is 73.8 Å². The Kier molecular flexibility index (Phi) is 36.5. The molecule has 574 valence electrons. The summed E-state index contributed by atoms with van der Waals surface area (Å²) in [5, 5.41) is 76.5. The summed E-state index contributed by atoms with van der Waals surface area (Å²) in [6, 6.07) is -3.91. The number of hydrogen-bond acceptors (Lipinski definition) is 19. The minimum Gasteiger partial charge on any atom is -0.508 e. The lowest BCUT2D eigenvalue weighted by molar-refractivity contribution is -0.138. The first-order chi connectivity index (χ1) is 48.8. The molecule has 0 saturated carbocycles. The Labute approximate surface area is 602 Å². The van der Waals surface area contributed by atoms with E-state index in [9.17, 15) is 77.6 Å². The van der Waals surface area contributed by atoms with E-state index in [0.29, 0.717) is 16.8 Å². The van der Waals surface area contributed by atoms with Crippen molar-refractivity contribution in [2.75, 3.05) is 13.1 Å². The van der Waals surface area contributed by atoms with Gasteiger partial charge >= 0.3 is 0 Å². The lowest BCUT2D eigenvalue weighted by atomic mass is 9.98. The molecular formula is C67H105N21O16. The predicted octanol–water partition coefficient (Wildman–Crippen LogP) is -4.39. The highest BCUT2D eigenvalue weighted by Crippen LogP contribution is 2.17. The Balaban J connectivity index is 1.91. The van der Waals surface area contributed by atoms with Crippen molar-refractivity contribution < 1.29 is 77.6 Å². The molecule has 0 aliphatic carbocycles. The molecule has 0 fully saturated rings. The number of phenolic OH excluding ortho intramolecular Hbond substituents is 2. The molecule has 0 bridgehead atoms. The van der Waals surface area contributed by atoms with Crippen LogP contribution in [0.3, 0.4) is 0 Å². The van der Waals surface area contributed by atoms with E-state index in [1.54, 1.807) is 52.9 Å². The van der Waals surface area contributed by atoms with Gasteiger partial charge < -0.3 is 113 Å². The smallest absolute Gasteiger partial charge is 0.245 e. The standard InChI is InChI=1S/C67H105N21O16/c1-33(2)25-47(84-61(100)49(29-39-15-19-42(91)20-16-39)83-56(95)36(7)27-40-31-75-32-78-40)60(99)86-50(30-52(69)93)62(101)85-48(26-34(3)4)63(102)87-53(35(5)6)64(103)88-54(37(8)89)65(104)81-44(12-10-24-77-67(73)74)57(96)80-45(21-22-51(68)92)59(98)79-43(11-9-23-76-66(71)72)58(97)82-46(55(70)94)28-38-13-17-41(90)18-14-38/h13-20,31-37,43-50,53-54,89-91H,9-12,21-30H2,1-8H3,(H2,68,92)(H2,69,93)(H2,70,94)(H,75,78)(H,79,98)(H,80,96)(H,81,104)(H,82,97)(H,83,95)(H,84,100)(H,85,101)(H,86,99)(H,87,102)(H,88,103)(H4,71,72,76)(H4,73,74,77)/t36-,37+,43-,44-,45-,46-,47-,48-,49-,50-,53-,54-/m0/s1. The molecule has 0 spiro atoms. The molecule has 37 heteroatoms. The van der Waals surface area contributed by atoms with Gasteiger partial charge in [0.15, 0.2) is 11.9 Å². The minimum atomic E-state index is -1.89. The zero-order valence-corrected chi connectivity index (χ0v) is 59.8. The molecule has 0 unspecified atom stereocenters. The maximum atomic E-state index is 14.4. The Morgan fingerprint density at radius 1 is 0.442 bits per heavy atom. The zero-order valence-electron chi connectivity index (χ0n) is 59.8. The number of hydrogen-bond donors (Lipinski definition) is 23. The fraction of sp³-hybridized carbons (Fsp3) is 0.552. The van der Waals surface area contributed by atoms with Crippen LogP contribution in [0.1, 0.15) is 130 Å². The van der Waals surface area contributed by atoms with E-state index in [0.717, 1.165) is 6.92 Å². The van der Waals surface area contributed by atoms with Crippen LogP contribution in [0, 0.1) is 34.5 Å². The van der Waals surface area contributed by atoms with Gasteiger partial charge in [-0.1, -0.05) is 72.7 Å². The summed E-state index contributed by atoms with van der Waals surface area (Å²) in [7, 11) is 0. The number of amides is 13. The van der Waals surface area contributed by atoms with Crippen LogP contribution in [-0.2, 0) is 81.6 Å². The van der Waals surface area contributed by atoms with Crippen molar-refractivity contribution in [3.8, 4) is 11.5 Å². The molecule has 0 saturated heterocycles. The summed E-state index contributed by atoms with van der Waals surface area (Å²) in [6.45, 7) is 12.7. The number of aliphatic hydroxyl groups excluding tert-OH is 1. The van der Waals surface area contributed by atoms with E-state index >= 15 is 0 Å². The third-order valence-corrected chi connectivity index (χ3v) is 16.2. The van der Waals surface area contributed by atoms with Gasteiger partial charge in [-0.15, -0.1) is 0 Å². The molecule has 12 atom stereocenters. The van der Waals surface area contributed by atoms with Gasteiger partial charge in [0, 0.05) is 56.6 Å². The number of primary amides is 3. The number of aromatic nitrogens is 2. The van der Waals surface area contributed by atoms with Gasteiger partial charge in [-0.2, -0.15) is 0 Å². The maximum absolute atomic E-state index is 14.4. The van der Waals surface area contributed by atoms with Crippen molar-refractivity contribution in [3.05, 3.63) is 77.9 Å². The number of carbonyl (C=O) groups excluding carboxylic acids is 13. The van der Waals surface area contributed by atoms with Gasteiger partial charge in [0.1, 0.15) is 71.9 Å². The first-order valence-corrected chi connectivity index (χ1v) is 34.1. The second kappa shape index (κ2) is 43.6. The number of aliphatic hydroxyl groups is 1. The largest absolute Gasteiger partial charge is 0.508 e. The van der Waals surface area contributed by atoms with Crippen LogP contribution in [0.25, 0.3) is 0 Å². The van der Waals surface area contributed by atoms with Gasteiger partial charge in [-0.3, -0.25) is 73.1 Å². The molecule has 0 aliphatic heterocycles. The van der Waals surface area contributed by atoms with E-state index in [1.807, 2.05) is 0 Å². The molecular weight excluding hydrogens is 1350 g/mol. The first-order valence-electron chi connectivity index (χ1n) is 34.1. The summed E-state index contributed by atoms with van der Waals surface area (Å²) in [4.78, 5) is 187. The van der Waals surface area contributed by atoms with Gasteiger partial charge in [0.05, 0.1) is 18.9 Å². The maximum Gasteiger partial charge on any atom is 0.245 e. The quantitative estimate of drug-likeness (QED) is 0.0144. The highest BCUT2D eigenvalue weighted by Gasteiger charge is 2.39. The van der Waals surface area contributed by atoms with E-state index in [1.165, 1.54) is 56.6 Å². The highest BCUT2D eigenvalue weighted by molar-refractivity contribution is 6.00. The van der Waals surface area contributed by atoms with Crippen LogP contribution in [-0.4, -0.2) is 194 Å². The number of phenols is 2. The average Bonchev–Trinajstić information content (AvgIpc) is 0.998. The van der Waals surface area contributed by atoms with Crippen LogP contribution in [0.15, 0.2) is 61.1 Å². The number of carbonyl (C=O) groups is 13. The first kappa shape index (κ1) is 87.1. The van der Waals surface area contributed by atoms with Crippen LogP contribution in [0.4, 0.5) is 0 Å². The normalized spacial score (nSPS) is 14.6. The molecule has 1 aromatic heterocycles. The molecule has 0 aliphatic rings. The number of aromatic amines is 1. The number of benzene rings is 2. The zero-order chi connectivity index (χ0) is 78.1. The average molecular weight is 1460 g/mol. The Morgan fingerprint density at radius 3 is 1.23 bits per heavy atom. The molecule has 2 aromatic carbocycles. The summed E-state index contributed by atoms with van der Waals surface area (Å²) in [6.07, 6.45) is -0.983. The Hall–Kier alpha value is -11.1. The van der Waals surface area contributed by atoms with Gasteiger partial charge in [-0.05, 0) is 105 Å². The van der Waals surface area contributed by atoms with E-state index < -0.39 is 186 Å². The van der Waals surface area contributed by atoms with Gasteiger partial charge in [-0.25, -0.2) is 4.98 Å². The number of nitrogens with zero attached hydrogens (tertiary/aromatic N) is 1. The van der Waals surface area contributed by atoms with Crippen LogP contribution in [0.5, 0.6) is 11.5 Å². The number of rotatable bonds is 46. The minimum absolute atomic E-state index is 0.00757. The highest BCUT2D eigenvalue weighted by atomic mass is 16.3. The van der Waals surface area contributed by atoms with Crippen molar-refractivity contribution in [2.45, 2.75) is 199 Å². The Bertz CT molecular complexity index is 3410. The number of guanidine groups is 2. The second-order valence-corrected chi connectivity index (χ2v) is 26.7. The van der Waals surface area contributed by atoms with Crippen molar-refractivity contribution in [1.29, 1.82) is 10.8 Å². The third-order valence-electron chi connectivity index (χ3n) is 16.2. The van der Waals surface area contributed by atoms with Crippen molar-refractivity contribution in [2.24, 2.45) is 52.3 Å². The predicted molar refractivity (Wildman–Crippen MR) is 380 cm³/mol. The van der Waals surface area contributed by atoms with E-state index in [4.69, 9.17) is 39.5 Å². The molecule has 28 N–H and O–H groups in total. The van der Waals surface area contributed by atoms with Gasteiger partial charge in [0.25, 0.3) is 0 Å². The summed E-state index contributed by atoms with van der Waals surface area (Å²) >= 11 is 0. The van der Waals surface area contributed by atoms with E-state index in [-0.39, 0.29) is 94.2 Å². The van der Waals surface area contributed by atoms with Gasteiger partial charge in [0.2, 0.25) is 76.8 Å².